The Hall–Kier alpha value is -1.92. The van der Waals surface area contributed by atoms with Crippen molar-refractivity contribution in [1.82, 2.24) is 10.2 Å². The zero-order valence-electron chi connectivity index (χ0n) is 14.1. The number of carbonyl (C=O) groups excluding carboxylic acids is 2. The number of esters is 1. The molecule has 0 aliphatic rings. The molecule has 0 aliphatic carbocycles. The Morgan fingerprint density at radius 2 is 1.91 bits per heavy atom. The van der Waals surface area contributed by atoms with Crippen molar-refractivity contribution in [2.75, 3.05) is 41.0 Å². The standard InChI is InChI=1S/C17H26N2O4/c1-19(10-7-11-22-2)13-16(20)18-15(17(21)23-3)12-14-8-5-4-6-9-14/h4-6,8-9,15H,7,10-13H2,1-3H3,(H,18,20). The van der Waals surface area contributed by atoms with Crippen LogP contribution in [0.2, 0.25) is 0 Å². The molecular weight excluding hydrogens is 296 g/mol. The van der Waals surface area contributed by atoms with Crippen LogP contribution >= 0.6 is 0 Å². The first-order valence-electron chi connectivity index (χ1n) is 7.65. The highest BCUT2D eigenvalue weighted by Gasteiger charge is 2.22. The van der Waals surface area contributed by atoms with Crippen LogP contribution in [0.15, 0.2) is 30.3 Å². The van der Waals surface area contributed by atoms with Gasteiger partial charge in [-0.05, 0) is 19.0 Å². The average Bonchev–Trinajstić information content (AvgIpc) is 2.54. The van der Waals surface area contributed by atoms with E-state index < -0.39 is 12.0 Å². The molecular formula is C17H26N2O4. The van der Waals surface area contributed by atoms with Gasteiger partial charge in [-0.15, -0.1) is 0 Å². The van der Waals surface area contributed by atoms with Gasteiger partial charge in [-0.25, -0.2) is 4.79 Å². The Kier molecular flexibility index (Phi) is 8.94. The number of methoxy groups -OCH3 is 2. The first-order chi connectivity index (χ1) is 11.1. The lowest BCUT2D eigenvalue weighted by atomic mass is 10.1. The number of rotatable bonds is 10. The van der Waals surface area contributed by atoms with E-state index in [1.807, 2.05) is 42.3 Å². The Morgan fingerprint density at radius 3 is 2.52 bits per heavy atom. The van der Waals surface area contributed by atoms with E-state index in [9.17, 15) is 9.59 Å². The van der Waals surface area contributed by atoms with Crippen molar-refractivity contribution in [3.8, 4) is 0 Å². The number of amides is 1. The molecule has 1 atom stereocenters. The molecule has 23 heavy (non-hydrogen) atoms. The number of benzene rings is 1. The molecule has 1 rings (SSSR count). The van der Waals surface area contributed by atoms with Crippen LogP contribution in [0.1, 0.15) is 12.0 Å². The highest BCUT2D eigenvalue weighted by molar-refractivity contribution is 5.85. The molecule has 0 saturated carbocycles. The summed E-state index contributed by atoms with van der Waals surface area (Å²) in [5.41, 5.74) is 0.969. The summed E-state index contributed by atoms with van der Waals surface area (Å²) < 4.78 is 9.77. The molecule has 0 radical (unpaired) electrons. The number of hydrogen-bond acceptors (Lipinski definition) is 5. The van der Waals surface area contributed by atoms with E-state index in [-0.39, 0.29) is 12.5 Å². The van der Waals surface area contributed by atoms with Gasteiger partial charge in [0.15, 0.2) is 0 Å². The predicted octanol–water partition coefficient (Wildman–Crippen LogP) is 0.855. The van der Waals surface area contributed by atoms with E-state index in [1.54, 1.807) is 7.11 Å². The fraction of sp³-hybridized carbons (Fsp3) is 0.529. The van der Waals surface area contributed by atoms with Crippen LogP contribution in [0, 0.1) is 0 Å². The smallest absolute Gasteiger partial charge is 0.328 e. The van der Waals surface area contributed by atoms with E-state index in [0.29, 0.717) is 13.0 Å². The summed E-state index contributed by atoms with van der Waals surface area (Å²) in [5.74, 6) is -0.638. The molecule has 6 heteroatoms. The van der Waals surface area contributed by atoms with Gasteiger partial charge in [0.2, 0.25) is 5.91 Å². The molecule has 0 aliphatic heterocycles. The molecule has 6 nitrogen and oxygen atoms in total. The average molecular weight is 322 g/mol. The summed E-state index contributed by atoms with van der Waals surface area (Å²) in [6.45, 7) is 1.64. The van der Waals surface area contributed by atoms with Crippen LogP contribution in [0.5, 0.6) is 0 Å². The molecule has 0 fully saturated rings. The number of likely N-dealkylation sites (N-methyl/N-ethyl adjacent to an activating group) is 1. The van der Waals surface area contributed by atoms with Gasteiger partial charge in [0, 0.05) is 26.7 Å². The quantitative estimate of drug-likeness (QED) is 0.511. The lowest BCUT2D eigenvalue weighted by Crippen LogP contribution is -2.46. The molecule has 0 heterocycles. The fourth-order valence-electron chi connectivity index (χ4n) is 2.23. The number of nitrogens with one attached hydrogen (secondary N) is 1. The zero-order valence-corrected chi connectivity index (χ0v) is 14.1. The Morgan fingerprint density at radius 1 is 1.22 bits per heavy atom. The normalized spacial score (nSPS) is 12.0. The summed E-state index contributed by atoms with van der Waals surface area (Å²) in [6.07, 6.45) is 1.26. The molecule has 0 saturated heterocycles. The van der Waals surface area contributed by atoms with Gasteiger partial charge in [-0.2, -0.15) is 0 Å². The molecule has 0 bridgehead atoms. The predicted molar refractivity (Wildman–Crippen MR) is 88.1 cm³/mol. The van der Waals surface area contributed by atoms with Crippen molar-refractivity contribution in [2.45, 2.75) is 18.9 Å². The Labute approximate surface area is 137 Å². The first-order valence-corrected chi connectivity index (χ1v) is 7.65. The second-order valence-corrected chi connectivity index (χ2v) is 5.42. The van der Waals surface area contributed by atoms with Crippen molar-refractivity contribution >= 4 is 11.9 Å². The minimum atomic E-state index is -0.678. The van der Waals surface area contributed by atoms with Crippen molar-refractivity contribution < 1.29 is 19.1 Å². The van der Waals surface area contributed by atoms with Gasteiger partial charge in [-0.3, -0.25) is 9.69 Å². The third kappa shape index (κ3) is 7.76. The molecule has 1 aromatic carbocycles. The van der Waals surface area contributed by atoms with E-state index in [2.05, 4.69) is 5.32 Å². The monoisotopic (exact) mass is 322 g/mol. The zero-order chi connectivity index (χ0) is 17.1. The third-order valence-corrected chi connectivity index (χ3v) is 3.41. The van der Waals surface area contributed by atoms with E-state index in [1.165, 1.54) is 7.11 Å². The first kappa shape index (κ1) is 19.1. The van der Waals surface area contributed by atoms with Gasteiger partial charge in [0.05, 0.1) is 13.7 Å². The summed E-state index contributed by atoms with van der Waals surface area (Å²) in [5, 5.41) is 2.75. The van der Waals surface area contributed by atoms with Gasteiger partial charge in [0.1, 0.15) is 6.04 Å². The summed E-state index contributed by atoms with van der Waals surface area (Å²) >= 11 is 0. The third-order valence-electron chi connectivity index (χ3n) is 3.41. The molecule has 1 N–H and O–H groups in total. The van der Waals surface area contributed by atoms with Crippen molar-refractivity contribution in [1.29, 1.82) is 0 Å². The van der Waals surface area contributed by atoms with Crippen LogP contribution in [-0.2, 0) is 25.5 Å². The minimum Gasteiger partial charge on any atom is -0.467 e. The van der Waals surface area contributed by atoms with Crippen LogP contribution in [0.3, 0.4) is 0 Å². The van der Waals surface area contributed by atoms with Gasteiger partial charge < -0.3 is 14.8 Å². The minimum absolute atomic E-state index is 0.198. The SMILES string of the molecule is COCCCN(C)CC(=O)NC(Cc1ccccc1)C(=O)OC. The lowest BCUT2D eigenvalue weighted by molar-refractivity contribution is -0.145. The number of hydrogen-bond donors (Lipinski definition) is 1. The summed E-state index contributed by atoms with van der Waals surface area (Å²) in [4.78, 5) is 25.9. The molecule has 128 valence electrons. The number of nitrogens with zero attached hydrogens (tertiary/aromatic N) is 1. The van der Waals surface area contributed by atoms with Crippen LogP contribution < -0.4 is 5.32 Å². The molecule has 1 unspecified atom stereocenters. The Balaban J connectivity index is 2.52. The van der Waals surface area contributed by atoms with Gasteiger partial charge in [-0.1, -0.05) is 30.3 Å². The van der Waals surface area contributed by atoms with Crippen LogP contribution in [-0.4, -0.2) is 63.8 Å². The van der Waals surface area contributed by atoms with Gasteiger partial charge >= 0.3 is 5.97 Å². The van der Waals surface area contributed by atoms with Crippen molar-refractivity contribution in [3.63, 3.8) is 0 Å². The number of ether oxygens (including phenoxy) is 2. The van der Waals surface area contributed by atoms with E-state index in [4.69, 9.17) is 9.47 Å². The molecule has 0 aromatic heterocycles. The van der Waals surface area contributed by atoms with E-state index in [0.717, 1.165) is 18.5 Å². The summed E-state index contributed by atoms with van der Waals surface area (Å²) in [7, 11) is 4.83. The summed E-state index contributed by atoms with van der Waals surface area (Å²) in [6, 6.07) is 8.86. The maximum absolute atomic E-state index is 12.1. The number of carbonyl (C=O) groups is 2. The van der Waals surface area contributed by atoms with Crippen LogP contribution in [0.4, 0.5) is 0 Å². The topological polar surface area (TPSA) is 67.9 Å². The maximum atomic E-state index is 12.1. The highest BCUT2D eigenvalue weighted by Crippen LogP contribution is 2.04. The fourth-order valence-corrected chi connectivity index (χ4v) is 2.23. The lowest BCUT2D eigenvalue weighted by Gasteiger charge is -2.20. The van der Waals surface area contributed by atoms with E-state index >= 15 is 0 Å². The maximum Gasteiger partial charge on any atom is 0.328 e. The Bertz CT molecular complexity index is 479. The van der Waals surface area contributed by atoms with Crippen LogP contribution in [0.25, 0.3) is 0 Å². The largest absolute Gasteiger partial charge is 0.467 e. The van der Waals surface area contributed by atoms with Crippen molar-refractivity contribution in [2.24, 2.45) is 0 Å². The molecule has 0 spiro atoms. The molecule has 1 amide bonds. The molecule has 1 aromatic rings. The second kappa shape index (κ2) is 10.7. The second-order valence-electron chi connectivity index (χ2n) is 5.42. The van der Waals surface area contributed by atoms with Gasteiger partial charge in [0.25, 0.3) is 0 Å². The highest BCUT2D eigenvalue weighted by atomic mass is 16.5. The van der Waals surface area contributed by atoms with Crippen molar-refractivity contribution in [3.05, 3.63) is 35.9 Å².